The van der Waals surface area contributed by atoms with E-state index in [4.69, 9.17) is 4.74 Å². The molecule has 1 saturated carbocycles. The van der Waals surface area contributed by atoms with Gasteiger partial charge in [0.2, 0.25) is 0 Å². The standard InChI is InChI=1S/C15H30N2O/c1-4-5-12-6-7-14(16-2)15(10-12)17(3)13-8-9-18-11-13/h12-16H,4-11H2,1-3H3. The highest BCUT2D eigenvalue weighted by Crippen LogP contribution is 2.32. The Morgan fingerprint density at radius 2 is 2.11 bits per heavy atom. The highest BCUT2D eigenvalue weighted by Gasteiger charge is 2.35. The van der Waals surface area contributed by atoms with Crippen LogP contribution in [0.25, 0.3) is 0 Å². The smallest absolute Gasteiger partial charge is 0.0622 e. The molecule has 3 nitrogen and oxygen atoms in total. The summed E-state index contributed by atoms with van der Waals surface area (Å²) >= 11 is 0. The maximum atomic E-state index is 5.55. The summed E-state index contributed by atoms with van der Waals surface area (Å²) in [6.45, 7) is 4.19. The fraction of sp³-hybridized carbons (Fsp3) is 1.00. The van der Waals surface area contributed by atoms with Crippen molar-refractivity contribution in [3.63, 3.8) is 0 Å². The van der Waals surface area contributed by atoms with E-state index in [9.17, 15) is 0 Å². The Balaban J connectivity index is 1.95. The van der Waals surface area contributed by atoms with E-state index in [0.29, 0.717) is 18.1 Å². The normalized spacial score (nSPS) is 37.3. The van der Waals surface area contributed by atoms with Gasteiger partial charge in [-0.3, -0.25) is 4.90 Å². The first-order valence-electron chi connectivity index (χ1n) is 7.73. The van der Waals surface area contributed by atoms with Gasteiger partial charge in [0.25, 0.3) is 0 Å². The lowest BCUT2D eigenvalue weighted by atomic mass is 9.79. The molecule has 3 heteroatoms. The van der Waals surface area contributed by atoms with Gasteiger partial charge in [0.05, 0.1) is 6.61 Å². The van der Waals surface area contributed by atoms with Crippen LogP contribution in [0.15, 0.2) is 0 Å². The summed E-state index contributed by atoms with van der Waals surface area (Å²) in [6, 6.07) is 2.02. The summed E-state index contributed by atoms with van der Waals surface area (Å²) in [7, 11) is 4.43. The van der Waals surface area contributed by atoms with Crippen LogP contribution in [0.3, 0.4) is 0 Å². The number of rotatable bonds is 5. The lowest BCUT2D eigenvalue weighted by Crippen LogP contribution is -2.54. The van der Waals surface area contributed by atoms with Crippen molar-refractivity contribution in [2.24, 2.45) is 5.92 Å². The summed E-state index contributed by atoms with van der Waals surface area (Å²) in [5, 5.41) is 3.54. The van der Waals surface area contributed by atoms with Gasteiger partial charge in [0.1, 0.15) is 0 Å². The second kappa shape index (κ2) is 6.88. The number of hydrogen-bond acceptors (Lipinski definition) is 3. The monoisotopic (exact) mass is 254 g/mol. The van der Waals surface area contributed by atoms with E-state index in [0.717, 1.165) is 19.1 Å². The van der Waals surface area contributed by atoms with E-state index < -0.39 is 0 Å². The molecule has 106 valence electrons. The molecule has 1 heterocycles. The van der Waals surface area contributed by atoms with Crippen molar-refractivity contribution < 1.29 is 4.74 Å². The van der Waals surface area contributed by atoms with Gasteiger partial charge in [-0.15, -0.1) is 0 Å². The molecule has 2 rings (SSSR count). The minimum atomic E-state index is 0.645. The second-order valence-corrected chi connectivity index (χ2v) is 6.11. The van der Waals surface area contributed by atoms with E-state index in [1.165, 1.54) is 38.5 Å². The zero-order chi connectivity index (χ0) is 13.0. The summed E-state index contributed by atoms with van der Waals surface area (Å²) in [4.78, 5) is 2.61. The minimum absolute atomic E-state index is 0.645. The third kappa shape index (κ3) is 3.25. The van der Waals surface area contributed by atoms with Gasteiger partial charge < -0.3 is 10.1 Å². The van der Waals surface area contributed by atoms with Crippen molar-refractivity contribution in [2.45, 2.75) is 63.6 Å². The number of ether oxygens (including phenoxy) is 1. The highest BCUT2D eigenvalue weighted by atomic mass is 16.5. The van der Waals surface area contributed by atoms with E-state index in [1.807, 2.05) is 0 Å². The first-order valence-corrected chi connectivity index (χ1v) is 7.73. The molecule has 1 aliphatic carbocycles. The summed E-state index contributed by atoms with van der Waals surface area (Å²) in [5.41, 5.74) is 0. The van der Waals surface area contributed by atoms with Gasteiger partial charge in [0, 0.05) is 24.7 Å². The average Bonchev–Trinajstić information content (AvgIpc) is 2.92. The highest BCUT2D eigenvalue weighted by molar-refractivity contribution is 4.92. The number of nitrogens with one attached hydrogen (secondary N) is 1. The first kappa shape index (κ1) is 14.3. The van der Waals surface area contributed by atoms with Crippen LogP contribution in [0.2, 0.25) is 0 Å². The van der Waals surface area contributed by atoms with E-state index >= 15 is 0 Å². The molecule has 1 aliphatic heterocycles. The third-order valence-corrected chi connectivity index (χ3v) is 5.00. The van der Waals surface area contributed by atoms with Gasteiger partial charge in [-0.2, -0.15) is 0 Å². The van der Waals surface area contributed by atoms with Gasteiger partial charge in [0.15, 0.2) is 0 Å². The molecule has 0 aromatic rings. The zero-order valence-electron chi connectivity index (χ0n) is 12.3. The summed E-state index contributed by atoms with van der Waals surface area (Å²) < 4.78 is 5.55. The molecule has 1 N–H and O–H groups in total. The Morgan fingerprint density at radius 1 is 1.28 bits per heavy atom. The Morgan fingerprint density at radius 3 is 2.72 bits per heavy atom. The number of hydrogen-bond donors (Lipinski definition) is 1. The molecule has 0 aromatic carbocycles. The van der Waals surface area contributed by atoms with Crippen LogP contribution in [0.5, 0.6) is 0 Å². The van der Waals surface area contributed by atoms with Crippen molar-refractivity contribution in [2.75, 3.05) is 27.3 Å². The van der Waals surface area contributed by atoms with Crippen molar-refractivity contribution >= 4 is 0 Å². The molecule has 4 atom stereocenters. The molecule has 0 bridgehead atoms. The van der Waals surface area contributed by atoms with Crippen molar-refractivity contribution in [3.8, 4) is 0 Å². The van der Waals surface area contributed by atoms with Crippen molar-refractivity contribution in [1.82, 2.24) is 10.2 Å². The van der Waals surface area contributed by atoms with Crippen LogP contribution in [-0.4, -0.2) is 50.3 Å². The van der Waals surface area contributed by atoms with E-state index in [-0.39, 0.29) is 0 Å². The van der Waals surface area contributed by atoms with Crippen LogP contribution in [0.1, 0.15) is 45.4 Å². The largest absolute Gasteiger partial charge is 0.380 e. The third-order valence-electron chi connectivity index (χ3n) is 5.00. The van der Waals surface area contributed by atoms with Gasteiger partial charge in [-0.1, -0.05) is 19.8 Å². The molecular formula is C15H30N2O. The molecule has 4 unspecified atom stereocenters. The minimum Gasteiger partial charge on any atom is -0.380 e. The van der Waals surface area contributed by atoms with Crippen LogP contribution >= 0.6 is 0 Å². The Kier molecular flexibility index (Phi) is 5.46. The first-order chi connectivity index (χ1) is 8.76. The zero-order valence-corrected chi connectivity index (χ0v) is 12.3. The fourth-order valence-electron chi connectivity index (χ4n) is 3.80. The quantitative estimate of drug-likeness (QED) is 0.814. The van der Waals surface area contributed by atoms with Gasteiger partial charge >= 0.3 is 0 Å². The molecule has 0 amide bonds. The molecule has 2 aliphatic rings. The molecule has 0 aromatic heterocycles. The SMILES string of the molecule is CCCC1CCC(NC)C(N(C)C2CCOC2)C1. The van der Waals surface area contributed by atoms with Gasteiger partial charge in [-0.05, 0) is 45.7 Å². The van der Waals surface area contributed by atoms with Crippen LogP contribution in [0.4, 0.5) is 0 Å². The maximum absolute atomic E-state index is 5.55. The van der Waals surface area contributed by atoms with Gasteiger partial charge in [-0.25, -0.2) is 0 Å². The Hall–Kier alpha value is -0.120. The molecular weight excluding hydrogens is 224 g/mol. The molecule has 2 fully saturated rings. The fourth-order valence-corrected chi connectivity index (χ4v) is 3.80. The second-order valence-electron chi connectivity index (χ2n) is 6.11. The maximum Gasteiger partial charge on any atom is 0.0622 e. The van der Waals surface area contributed by atoms with E-state index in [1.54, 1.807) is 0 Å². The molecule has 0 spiro atoms. The molecule has 1 saturated heterocycles. The number of nitrogens with zero attached hydrogens (tertiary/aromatic N) is 1. The average molecular weight is 254 g/mol. The molecule has 0 radical (unpaired) electrons. The van der Waals surface area contributed by atoms with E-state index in [2.05, 4.69) is 31.2 Å². The molecule has 18 heavy (non-hydrogen) atoms. The predicted octanol–water partition coefficient (Wildman–Crippen LogP) is 2.26. The summed E-state index contributed by atoms with van der Waals surface area (Å²) in [5.74, 6) is 0.939. The predicted molar refractivity (Wildman–Crippen MR) is 75.9 cm³/mol. The Bertz CT molecular complexity index is 241. The van der Waals surface area contributed by atoms with Crippen molar-refractivity contribution in [1.29, 1.82) is 0 Å². The van der Waals surface area contributed by atoms with Crippen molar-refractivity contribution in [3.05, 3.63) is 0 Å². The lowest BCUT2D eigenvalue weighted by Gasteiger charge is -2.43. The van der Waals surface area contributed by atoms with Crippen LogP contribution < -0.4 is 5.32 Å². The topological polar surface area (TPSA) is 24.5 Å². The summed E-state index contributed by atoms with van der Waals surface area (Å²) in [6.07, 6.45) is 8.06. The number of likely N-dealkylation sites (N-methyl/N-ethyl adjacent to an activating group) is 2. The lowest BCUT2D eigenvalue weighted by molar-refractivity contribution is 0.0743. The van der Waals surface area contributed by atoms with Crippen LogP contribution in [0, 0.1) is 5.92 Å². The Labute approximate surface area is 112 Å². The van der Waals surface area contributed by atoms with Crippen LogP contribution in [-0.2, 0) is 4.74 Å².